The molecular formula is C13H22N2O3. The number of likely N-dealkylation sites (tertiary alicyclic amines) is 1. The fourth-order valence-corrected chi connectivity index (χ4v) is 3.09. The molecule has 1 aliphatic heterocycles. The van der Waals surface area contributed by atoms with Gasteiger partial charge in [-0.3, -0.25) is 0 Å². The van der Waals surface area contributed by atoms with Crippen LogP contribution in [0.2, 0.25) is 0 Å². The summed E-state index contributed by atoms with van der Waals surface area (Å²) in [6, 6.07) is -0.610. The average Bonchev–Trinajstić information content (AvgIpc) is 2.77. The van der Waals surface area contributed by atoms with E-state index in [9.17, 15) is 9.59 Å². The standard InChI is InChI=1S/C13H22N2O3/c1-9-4-2-5-10(8-9)14-13(18)15-7-3-6-11(15)12(16)17/h9-11H,2-8H2,1H3,(H,14,18)(H,16,17)/t9?,10?,11-/m0/s1. The van der Waals surface area contributed by atoms with Gasteiger partial charge in [0, 0.05) is 12.6 Å². The topological polar surface area (TPSA) is 69.6 Å². The van der Waals surface area contributed by atoms with Gasteiger partial charge in [0.1, 0.15) is 6.04 Å². The van der Waals surface area contributed by atoms with E-state index < -0.39 is 12.0 Å². The molecule has 0 aromatic carbocycles. The molecule has 2 unspecified atom stereocenters. The summed E-state index contributed by atoms with van der Waals surface area (Å²) < 4.78 is 0. The summed E-state index contributed by atoms with van der Waals surface area (Å²) in [5.74, 6) is -0.238. The van der Waals surface area contributed by atoms with Crippen LogP contribution in [0.3, 0.4) is 0 Å². The molecule has 0 aromatic rings. The van der Waals surface area contributed by atoms with Gasteiger partial charge in [0.2, 0.25) is 0 Å². The summed E-state index contributed by atoms with van der Waals surface area (Å²) in [7, 11) is 0. The van der Waals surface area contributed by atoms with Crippen LogP contribution in [0.15, 0.2) is 0 Å². The number of nitrogens with one attached hydrogen (secondary N) is 1. The van der Waals surface area contributed by atoms with Crippen molar-refractivity contribution >= 4 is 12.0 Å². The number of amides is 2. The van der Waals surface area contributed by atoms with Gasteiger partial charge in [0.15, 0.2) is 0 Å². The molecule has 3 atom stereocenters. The summed E-state index contributed by atoms with van der Waals surface area (Å²) in [5, 5.41) is 12.1. The third-order valence-corrected chi connectivity index (χ3v) is 4.06. The van der Waals surface area contributed by atoms with E-state index in [4.69, 9.17) is 5.11 Å². The lowest BCUT2D eigenvalue weighted by molar-refractivity contribution is -0.141. The third kappa shape index (κ3) is 2.94. The number of hydrogen-bond acceptors (Lipinski definition) is 2. The second kappa shape index (κ2) is 5.59. The van der Waals surface area contributed by atoms with Crippen molar-refractivity contribution in [1.29, 1.82) is 0 Å². The molecule has 2 rings (SSSR count). The van der Waals surface area contributed by atoms with Crippen LogP contribution >= 0.6 is 0 Å². The maximum atomic E-state index is 12.1. The van der Waals surface area contributed by atoms with Gasteiger partial charge in [0.05, 0.1) is 0 Å². The summed E-state index contributed by atoms with van der Waals surface area (Å²) >= 11 is 0. The number of carbonyl (C=O) groups excluding carboxylic acids is 1. The summed E-state index contributed by atoms with van der Waals surface area (Å²) in [6.07, 6.45) is 5.76. The molecule has 0 aromatic heterocycles. The predicted molar refractivity (Wildman–Crippen MR) is 67.3 cm³/mol. The van der Waals surface area contributed by atoms with E-state index in [1.807, 2.05) is 0 Å². The quantitative estimate of drug-likeness (QED) is 0.789. The molecule has 5 heteroatoms. The Balaban J connectivity index is 1.89. The minimum atomic E-state index is -0.889. The van der Waals surface area contributed by atoms with Crippen LogP contribution in [0.4, 0.5) is 4.79 Å². The average molecular weight is 254 g/mol. The first-order valence-corrected chi connectivity index (χ1v) is 6.88. The maximum absolute atomic E-state index is 12.1. The van der Waals surface area contributed by atoms with Gasteiger partial charge in [-0.1, -0.05) is 19.8 Å². The zero-order chi connectivity index (χ0) is 13.1. The molecule has 1 heterocycles. The van der Waals surface area contributed by atoms with Crippen molar-refractivity contribution in [3.8, 4) is 0 Å². The normalized spacial score (nSPS) is 32.3. The number of urea groups is 1. The van der Waals surface area contributed by atoms with Gasteiger partial charge in [-0.2, -0.15) is 0 Å². The zero-order valence-electron chi connectivity index (χ0n) is 10.9. The Bertz CT molecular complexity index is 332. The summed E-state index contributed by atoms with van der Waals surface area (Å²) in [5.41, 5.74) is 0. The molecule has 2 aliphatic rings. The molecule has 2 N–H and O–H groups in total. The van der Waals surface area contributed by atoms with Crippen molar-refractivity contribution in [2.45, 2.75) is 57.5 Å². The van der Waals surface area contributed by atoms with Crippen molar-refractivity contribution in [1.82, 2.24) is 10.2 Å². The van der Waals surface area contributed by atoms with Crippen LogP contribution in [0.1, 0.15) is 45.4 Å². The van der Waals surface area contributed by atoms with Crippen molar-refractivity contribution in [2.24, 2.45) is 5.92 Å². The first-order valence-electron chi connectivity index (χ1n) is 6.88. The maximum Gasteiger partial charge on any atom is 0.326 e. The lowest BCUT2D eigenvalue weighted by Crippen LogP contribution is -2.49. The van der Waals surface area contributed by atoms with Gasteiger partial charge < -0.3 is 15.3 Å². The van der Waals surface area contributed by atoms with Crippen molar-refractivity contribution < 1.29 is 14.7 Å². The zero-order valence-corrected chi connectivity index (χ0v) is 10.9. The fourth-order valence-electron chi connectivity index (χ4n) is 3.09. The van der Waals surface area contributed by atoms with Gasteiger partial charge in [-0.05, 0) is 31.6 Å². The largest absolute Gasteiger partial charge is 0.480 e. The molecule has 102 valence electrons. The smallest absolute Gasteiger partial charge is 0.326 e. The predicted octanol–water partition coefficient (Wildman–Crippen LogP) is 1.82. The first kappa shape index (κ1) is 13.2. The number of aliphatic carboxylic acids is 1. The van der Waals surface area contributed by atoms with Gasteiger partial charge >= 0.3 is 12.0 Å². The van der Waals surface area contributed by atoms with Crippen LogP contribution in [0.5, 0.6) is 0 Å². The lowest BCUT2D eigenvalue weighted by atomic mass is 9.87. The van der Waals surface area contributed by atoms with E-state index >= 15 is 0 Å². The molecule has 5 nitrogen and oxygen atoms in total. The summed E-state index contributed by atoms with van der Waals surface area (Å²) in [4.78, 5) is 24.6. The Labute approximate surface area is 108 Å². The van der Waals surface area contributed by atoms with Gasteiger partial charge in [-0.25, -0.2) is 9.59 Å². The monoisotopic (exact) mass is 254 g/mol. The van der Waals surface area contributed by atoms with Crippen molar-refractivity contribution in [3.63, 3.8) is 0 Å². The van der Waals surface area contributed by atoms with Gasteiger partial charge in [-0.15, -0.1) is 0 Å². The highest BCUT2D eigenvalue weighted by Gasteiger charge is 2.35. The van der Waals surface area contributed by atoms with Crippen LogP contribution in [0.25, 0.3) is 0 Å². The first-order chi connectivity index (χ1) is 8.58. The fraction of sp³-hybridized carbons (Fsp3) is 0.846. The number of hydrogen-bond donors (Lipinski definition) is 2. The minimum absolute atomic E-state index is 0.195. The highest BCUT2D eigenvalue weighted by molar-refractivity contribution is 5.83. The Morgan fingerprint density at radius 2 is 2.00 bits per heavy atom. The van der Waals surface area contributed by atoms with Crippen LogP contribution < -0.4 is 5.32 Å². The van der Waals surface area contributed by atoms with E-state index in [-0.39, 0.29) is 12.1 Å². The minimum Gasteiger partial charge on any atom is -0.480 e. The molecule has 0 spiro atoms. The number of rotatable bonds is 2. The summed E-state index contributed by atoms with van der Waals surface area (Å²) in [6.45, 7) is 2.76. The molecule has 1 saturated heterocycles. The number of carboxylic acids is 1. The van der Waals surface area contributed by atoms with E-state index in [1.165, 1.54) is 11.3 Å². The molecule has 2 fully saturated rings. The van der Waals surface area contributed by atoms with Crippen LogP contribution in [0, 0.1) is 5.92 Å². The Hall–Kier alpha value is -1.26. The van der Waals surface area contributed by atoms with Crippen molar-refractivity contribution in [2.75, 3.05) is 6.54 Å². The van der Waals surface area contributed by atoms with E-state index in [0.717, 1.165) is 25.7 Å². The van der Waals surface area contributed by atoms with Gasteiger partial charge in [0.25, 0.3) is 0 Å². The van der Waals surface area contributed by atoms with Crippen molar-refractivity contribution in [3.05, 3.63) is 0 Å². The lowest BCUT2D eigenvalue weighted by Gasteiger charge is -2.30. The SMILES string of the molecule is CC1CCCC(NC(=O)N2CCC[C@H]2C(=O)O)C1. The Kier molecular flexibility index (Phi) is 4.09. The highest BCUT2D eigenvalue weighted by Crippen LogP contribution is 2.24. The molecule has 1 saturated carbocycles. The van der Waals surface area contributed by atoms with E-state index in [2.05, 4.69) is 12.2 Å². The van der Waals surface area contributed by atoms with E-state index in [0.29, 0.717) is 18.9 Å². The Morgan fingerprint density at radius 1 is 1.22 bits per heavy atom. The number of carboxylic acid groups (broad SMARTS) is 1. The second-order valence-corrected chi connectivity index (χ2v) is 5.61. The number of nitrogens with zero attached hydrogens (tertiary/aromatic N) is 1. The van der Waals surface area contributed by atoms with Crippen LogP contribution in [-0.4, -0.2) is 40.6 Å². The molecule has 1 aliphatic carbocycles. The Morgan fingerprint density at radius 3 is 2.67 bits per heavy atom. The molecule has 0 radical (unpaired) electrons. The van der Waals surface area contributed by atoms with E-state index in [1.54, 1.807) is 0 Å². The second-order valence-electron chi connectivity index (χ2n) is 5.61. The third-order valence-electron chi connectivity index (χ3n) is 4.06. The number of carbonyl (C=O) groups is 2. The molecular weight excluding hydrogens is 232 g/mol. The molecule has 2 amide bonds. The van der Waals surface area contributed by atoms with Crippen LogP contribution in [-0.2, 0) is 4.79 Å². The highest BCUT2D eigenvalue weighted by atomic mass is 16.4. The molecule has 18 heavy (non-hydrogen) atoms. The molecule has 0 bridgehead atoms.